The molecule has 0 radical (unpaired) electrons. The van der Waals surface area contributed by atoms with Crippen LogP contribution in [0.25, 0.3) is 0 Å². The van der Waals surface area contributed by atoms with Gasteiger partial charge >= 0.3 is 5.97 Å². The van der Waals surface area contributed by atoms with E-state index in [1.54, 1.807) is 18.7 Å². The Balaban J connectivity index is 2.65. The second-order valence-electron chi connectivity index (χ2n) is 6.89. The first kappa shape index (κ1) is 20.4. The zero-order valence-corrected chi connectivity index (χ0v) is 14.9. The van der Waals surface area contributed by atoms with Crippen molar-refractivity contribution in [1.82, 2.24) is 9.80 Å². The number of nitrogens with zero attached hydrogens (tertiary/aromatic N) is 2. The Bertz CT molecular complexity index is 480. The number of ether oxygens (including phenoxy) is 1. The van der Waals surface area contributed by atoms with Gasteiger partial charge in [-0.15, -0.1) is 0 Å². The van der Waals surface area contributed by atoms with Gasteiger partial charge < -0.3 is 15.6 Å². The van der Waals surface area contributed by atoms with Crippen LogP contribution in [0.3, 0.4) is 0 Å². The average Bonchev–Trinajstić information content (AvgIpc) is 2.70. The number of amides is 2. The smallest absolute Gasteiger partial charge is 0.305 e. The van der Waals surface area contributed by atoms with Crippen molar-refractivity contribution in [2.75, 3.05) is 26.2 Å². The first-order valence-electron chi connectivity index (χ1n) is 8.30. The monoisotopic (exact) mass is 343 g/mol. The largest absolute Gasteiger partial charge is 0.465 e. The average molecular weight is 343 g/mol. The van der Waals surface area contributed by atoms with E-state index >= 15 is 0 Å². The molecule has 0 saturated carbocycles. The van der Waals surface area contributed by atoms with Gasteiger partial charge in [0.1, 0.15) is 6.54 Å². The number of rotatable bonds is 9. The van der Waals surface area contributed by atoms with Gasteiger partial charge in [-0.05, 0) is 12.3 Å². The Morgan fingerprint density at radius 3 is 2.46 bits per heavy atom. The number of hydrogen-bond donors (Lipinski definition) is 2. The number of primary amides is 1. The predicted molar refractivity (Wildman–Crippen MR) is 87.3 cm³/mol. The van der Waals surface area contributed by atoms with Crippen LogP contribution in [0.5, 0.6) is 0 Å². The molecule has 1 fully saturated rings. The summed E-state index contributed by atoms with van der Waals surface area (Å²) in [6, 6.07) is 0. The number of aliphatic hydroxyl groups is 1. The first-order valence-corrected chi connectivity index (χ1v) is 8.30. The van der Waals surface area contributed by atoms with Crippen LogP contribution in [-0.2, 0) is 19.1 Å². The van der Waals surface area contributed by atoms with Gasteiger partial charge in [-0.1, -0.05) is 27.7 Å². The molecular formula is C16H29N3O5. The van der Waals surface area contributed by atoms with E-state index in [0.29, 0.717) is 19.6 Å². The third-order valence-corrected chi connectivity index (χ3v) is 3.96. The summed E-state index contributed by atoms with van der Waals surface area (Å²) in [6.07, 6.45) is 0.658. The molecule has 1 aliphatic heterocycles. The lowest BCUT2D eigenvalue weighted by atomic mass is 10.1. The van der Waals surface area contributed by atoms with Crippen LogP contribution >= 0.6 is 0 Å². The molecule has 1 rings (SSSR count). The first-order chi connectivity index (χ1) is 11.1. The molecular weight excluding hydrogens is 314 g/mol. The Hall–Kier alpha value is -1.67. The molecule has 8 heteroatoms. The van der Waals surface area contributed by atoms with Gasteiger partial charge in [0, 0.05) is 18.9 Å². The summed E-state index contributed by atoms with van der Waals surface area (Å²) in [4.78, 5) is 37.7. The van der Waals surface area contributed by atoms with E-state index in [9.17, 15) is 19.5 Å². The van der Waals surface area contributed by atoms with Crippen LogP contribution in [0.15, 0.2) is 0 Å². The van der Waals surface area contributed by atoms with E-state index in [-0.39, 0.29) is 43.2 Å². The van der Waals surface area contributed by atoms with Gasteiger partial charge in [0.2, 0.25) is 17.7 Å². The van der Waals surface area contributed by atoms with Crippen LogP contribution in [0.2, 0.25) is 0 Å². The van der Waals surface area contributed by atoms with E-state index in [2.05, 4.69) is 0 Å². The predicted octanol–water partition coefficient (Wildman–Crippen LogP) is -0.103. The number of carbonyl (C=O) groups excluding carboxylic acids is 3. The summed E-state index contributed by atoms with van der Waals surface area (Å²) in [5.41, 5.74) is 5.18. The molecule has 24 heavy (non-hydrogen) atoms. The molecule has 1 aliphatic rings. The minimum atomic E-state index is -1.58. The fraction of sp³-hybridized carbons (Fsp3) is 0.812. The van der Waals surface area contributed by atoms with Gasteiger partial charge in [0.05, 0.1) is 13.2 Å². The molecule has 0 aliphatic carbocycles. The van der Waals surface area contributed by atoms with Crippen LogP contribution in [0, 0.1) is 11.8 Å². The molecule has 0 aromatic heterocycles. The lowest BCUT2D eigenvalue weighted by Gasteiger charge is -2.41. The number of nitrogens with two attached hydrogens (primary N) is 1. The maximum Gasteiger partial charge on any atom is 0.305 e. The highest BCUT2D eigenvalue weighted by molar-refractivity contribution is 5.87. The summed E-state index contributed by atoms with van der Waals surface area (Å²) in [6.45, 7) is 7.81. The summed E-state index contributed by atoms with van der Waals surface area (Å²) in [7, 11) is 0. The number of hydrogen-bond acceptors (Lipinski definition) is 6. The van der Waals surface area contributed by atoms with Crippen molar-refractivity contribution in [2.24, 2.45) is 17.6 Å². The van der Waals surface area contributed by atoms with Crippen LogP contribution in [0.1, 0.15) is 40.5 Å². The Labute approximate surface area is 142 Å². The minimum absolute atomic E-state index is 0.0109. The molecule has 1 saturated heterocycles. The van der Waals surface area contributed by atoms with Crippen LogP contribution < -0.4 is 5.73 Å². The summed E-state index contributed by atoms with van der Waals surface area (Å²) >= 11 is 0. The van der Waals surface area contributed by atoms with Crippen molar-refractivity contribution in [1.29, 1.82) is 0 Å². The number of esters is 1. The lowest BCUT2D eigenvalue weighted by Crippen LogP contribution is -2.59. The molecule has 1 unspecified atom stereocenters. The van der Waals surface area contributed by atoms with E-state index in [1.807, 2.05) is 13.8 Å². The Kier molecular flexibility index (Phi) is 7.16. The van der Waals surface area contributed by atoms with Crippen molar-refractivity contribution >= 4 is 17.8 Å². The molecule has 0 aromatic carbocycles. The topological polar surface area (TPSA) is 113 Å². The van der Waals surface area contributed by atoms with Crippen molar-refractivity contribution in [3.8, 4) is 0 Å². The van der Waals surface area contributed by atoms with E-state index < -0.39 is 11.8 Å². The van der Waals surface area contributed by atoms with E-state index in [4.69, 9.17) is 10.5 Å². The highest BCUT2D eigenvalue weighted by atomic mass is 16.5. The van der Waals surface area contributed by atoms with Crippen LogP contribution in [-0.4, -0.2) is 64.8 Å². The van der Waals surface area contributed by atoms with Gasteiger partial charge in [-0.2, -0.15) is 0 Å². The molecule has 8 nitrogen and oxygen atoms in total. The van der Waals surface area contributed by atoms with Gasteiger partial charge in [-0.3, -0.25) is 19.3 Å². The fourth-order valence-electron chi connectivity index (χ4n) is 2.75. The Morgan fingerprint density at radius 1 is 1.33 bits per heavy atom. The van der Waals surface area contributed by atoms with Crippen molar-refractivity contribution in [3.05, 3.63) is 0 Å². The molecule has 0 aromatic rings. The number of carbonyl (C=O) groups is 3. The summed E-state index contributed by atoms with van der Waals surface area (Å²) in [5.74, 6) is -2.95. The van der Waals surface area contributed by atoms with Gasteiger partial charge in [0.15, 0.2) is 0 Å². The third-order valence-electron chi connectivity index (χ3n) is 3.96. The highest BCUT2D eigenvalue weighted by Gasteiger charge is 2.52. The quantitative estimate of drug-likeness (QED) is 0.565. The molecule has 2 amide bonds. The molecule has 0 spiro atoms. The van der Waals surface area contributed by atoms with Crippen LogP contribution in [0.4, 0.5) is 0 Å². The molecule has 138 valence electrons. The van der Waals surface area contributed by atoms with E-state index in [0.717, 1.165) is 4.90 Å². The molecule has 1 atom stereocenters. The molecule has 1 heterocycles. The van der Waals surface area contributed by atoms with Crippen molar-refractivity contribution in [3.63, 3.8) is 0 Å². The third kappa shape index (κ3) is 4.91. The zero-order chi connectivity index (χ0) is 18.5. The summed E-state index contributed by atoms with van der Waals surface area (Å²) in [5, 5.41) is 11.0. The minimum Gasteiger partial charge on any atom is -0.465 e. The zero-order valence-electron chi connectivity index (χ0n) is 14.9. The molecule has 0 bridgehead atoms. The van der Waals surface area contributed by atoms with Gasteiger partial charge in [-0.25, -0.2) is 4.90 Å². The summed E-state index contributed by atoms with van der Waals surface area (Å²) < 4.78 is 5.10. The second-order valence-corrected chi connectivity index (χ2v) is 6.89. The van der Waals surface area contributed by atoms with Crippen molar-refractivity contribution < 1.29 is 24.2 Å². The van der Waals surface area contributed by atoms with Gasteiger partial charge in [0.25, 0.3) is 0 Å². The standard InChI is InChI=1S/C16H29N3O5/c1-11(2)10-24-15(22)6-5-7-18-9-14(21)19(8-13(17)20)16(18,23)12(3)4/h11-12,23H,5-10H2,1-4H3,(H2,17,20). The van der Waals surface area contributed by atoms with E-state index in [1.165, 1.54) is 0 Å². The molecule has 3 N–H and O–H groups in total. The Morgan fingerprint density at radius 2 is 1.96 bits per heavy atom. The second kappa shape index (κ2) is 8.43. The lowest BCUT2D eigenvalue weighted by molar-refractivity contribution is -0.205. The SMILES string of the molecule is CC(C)COC(=O)CCCN1CC(=O)N(CC(N)=O)C1(O)C(C)C. The maximum absolute atomic E-state index is 12.1. The highest BCUT2D eigenvalue weighted by Crippen LogP contribution is 2.32. The maximum atomic E-state index is 12.1. The fourth-order valence-corrected chi connectivity index (χ4v) is 2.75. The van der Waals surface area contributed by atoms with Crippen molar-refractivity contribution in [2.45, 2.75) is 46.4 Å². The normalized spacial score (nSPS) is 21.8.